The first-order valence-corrected chi connectivity index (χ1v) is 10.2. The average molecular weight is 423 g/mol. The Balaban J connectivity index is 1.35. The average Bonchev–Trinajstić information content (AvgIpc) is 3.28. The smallest absolute Gasteiger partial charge is 0.317 e. The molecular formula is C23H22FN3O4. The third kappa shape index (κ3) is 3.80. The summed E-state index contributed by atoms with van der Waals surface area (Å²) >= 11 is 0. The maximum absolute atomic E-state index is 13.8. The fourth-order valence-corrected chi connectivity index (χ4v) is 4.44. The van der Waals surface area contributed by atoms with Crippen molar-refractivity contribution in [3.05, 3.63) is 64.5 Å². The van der Waals surface area contributed by atoms with Gasteiger partial charge in [0.15, 0.2) is 0 Å². The van der Waals surface area contributed by atoms with Crippen LogP contribution in [0.5, 0.6) is 0 Å². The molecule has 0 atom stereocenters. The number of hydrogen-bond acceptors (Lipinski definition) is 5. The maximum Gasteiger partial charge on any atom is 0.317 e. The third-order valence-corrected chi connectivity index (χ3v) is 5.97. The minimum absolute atomic E-state index is 0.0854. The molecule has 3 aliphatic rings. The van der Waals surface area contributed by atoms with Gasteiger partial charge in [0.05, 0.1) is 12.1 Å². The first-order chi connectivity index (χ1) is 15.0. The molecule has 2 N–H and O–H groups in total. The third-order valence-electron chi connectivity index (χ3n) is 5.97. The maximum atomic E-state index is 13.8. The minimum atomic E-state index is -0.793. The van der Waals surface area contributed by atoms with E-state index in [0.29, 0.717) is 29.2 Å². The zero-order valence-corrected chi connectivity index (χ0v) is 16.9. The second-order valence-corrected chi connectivity index (χ2v) is 8.07. The second-order valence-electron chi connectivity index (χ2n) is 8.07. The molecule has 2 aromatic rings. The van der Waals surface area contributed by atoms with E-state index in [1.165, 1.54) is 12.1 Å². The van der Waals surface area contributed by atoms with Gasteiger partial charge in [0.25, 0.3) is 5.91 Å². The first-order valence-electron chi connectivity index (χ1n) is 10.2. The Labute approximate surface area is 178 Å². The van der Waals surface area contributed by atoms with Crippen LogP contribution in [0, 0.1) is 5.82 Å². The Morgan fingerprint density at radius 2 is 1.84 bits per heavy atom. The predicted molar refractivity (Wildman–Crippen MR) is 112 cm³/mol. The van der Waals surface area contributed by atoms with Gasteiger partial charge >= 0.3 is 5.97 Å². The van der Waals surface area contributed by atoms with Crippen LogP contribution in [-0.2, 0) is 27.5 Å². The van der Waals surface area contributed by atoms with Crippen LogP contribution in [0.4, 0.5) is 10.1 Å². The number of fused-ring (bicyclic) bond motifs is 2. The van der Waals surface area contributed by atoms with Crippen molar-refractivity contribution >= 4 is 28.9 Å². The normalized spacial score (nSPS) is 20.9. The molecule has 0 saturated carbocycles. The number of carboxylic acid groups (broad SMARTS) is 1. The number of halogens is 1. The molecule has 1 amide bonds. The summed E-state index contributed by atoms with van der Waals surface area (Å²) in [6.07, 6.45) is 0. The molecule has 0 aromatic heterocycles. The number of ether oxygens (including phenoxy) is 1. The van der Waals surface area contributed by atoms with E-state index in [1.54, 1.807) is 6.07 Å². The number of hydrogen-bond donors (Lipinski definition) is 2. The van der Waals surface area contributed by atoms with Gasteiger partial charge in [-0.2, -0.15) is 0 Å². The lowest BCUT2D eigenvalue weighted by Gasteiger charge is -2.33. The highest BCUT2D eigenvalue weighted by atomic mass is 19.1. The molecule has 2 aromatic carbocycles. The number of carboxylic acids is 1. The molecule has 3 heterocycles. The topological polar surface area (TPSA) is 82.1 Å². The summed E-state index contributed by atoms with van der Waals surface area (Å²) in [4.78, 5) is 27.7. The van der Waals surface area contributed by atoms with E-state index in [0.717, 1.165) is 49.4 Å². The Morgan fingerprint density at radius 3 is 2.61 bits per heavy atom. The molecule has 0 spiro atoms. The summed E-state index contributed by atoms with van der Waals surface area (Å²) in [5.41, 5.74) is 4.48. The first kappa shape index (κ1) is 19.7. The standard InChI is InChI=1S/C23H22FN3O4/c24-16-2-4-19-18(10-16)21(23(30)25-19)22-17-3-1-14(9-15(17)13-31-22)11-26-5-7-27(8-6-26)12-20(28)29/h1-4,9-10H,5-8,11-13H2,(H,25,30)(H,28,29). The molecule has 160 valence electrons. The van der Waals surface area contributed by atoms with Crippen LogP contribution >= 0.6 is 0 Å². The van der Waals surface area contributed by atoms with E-state index < -0.39 is 11.8 Å². The highest BCUT2D eigenvalue weighted by Crippen LogP contribution is 2.42. The number of nitrogens with zero attached hydrogens (tertiary/aromatic N) is 2. The summed E-state index contributed by atoms with van der Waals surface area (Å²) < 4.78 is 19.7. The molecule has 8 heteroatoms. The van der Waals surface area contributed by atoms with E-state index in [1.807, 2.05) is 17.0 Å². The lowest BCUT2D eigenvalue weighted by Crippen LogP contribution is -2.47. The molecule has 7 nitrogen and oxygen atoms in total. The number of rotatable bonds is 4. The number of carbonyl (C=O) groups excluding carboxylic acids is 1. The van der Waals surface area contributed by atoms with Crippen molar-refractivity contribution in [1.82, 2.24) is 9.80 Å². The largest absolute Gasteiger partial charge is 0.487 e. The van der Waals surface area contributed by atoms with Crippen LogP contribution in [0.2, 0.25) is 0 Å². The summed E-state index contributed by atoms with van der Waals surface area (Å²) in [5, 5.41) is 11.7. The lowest BCUT2D eigenvalue weighted by molar-refractivity contribution is -0.138. The van der Waals surface area contributed by atoms with E-state index in [-0.39, 0.29) is 12.5 Å². The Kier molecular flexibility index (Phi) is 4.95. The van der Waals surface area contributed by atoms with Crippen molar-refractivity contribution < 1.29 is 23.8 Å². The molecule has 3 aliphatic heterocycles. The van der Waals surface area contributed by atoms with Gasteiger partial charge in [-0.3, -0.25) is 19.4 Å². The van der Waals surface area contributed by atoms with Crippen molar-refractivity contribution in [2.24, 2.45) is 0 Å². The zero-order chi connectivity index (χ0) is 21.5. The van der Waals surface area contributed by atoms with Crippen LogP contribution in [0.3, 0.4) is 0 Å². The number of amides is 1. The Hall–Kier alpha value is -3.23. The molecule has 0 unspecified atom stereocenters. The molecule has 0 radical (unpaired) electrons. The highest BCUT2D eigenvalue weighted by molar-refractivity contribution is 6.36. The summed E-state index contributed by atoms with van der Waals surface area (Å²) in [6.45, 7) is 4.34. The minimum Gasteiger partial charge on any atom is -0.487 e. The van der Waals surface area contributed by atoms with Gasteiger partial charge in [-0.15, -0.1) is 0 Å². The van der Waals surface area contributed by atoms with Crippen molar-refractivity contribution in [3.8, 4) is 0 Å². The Bertz CT molecular complexity index is 1110. The van der Waals surface area contributed by atoms with Crippen molar-refractivity contribution in [1.29, 1.82) is 0 Å². The zero-order valence-electron chi connectivity index (χ0n) is 16.9. The SMILES string of the molecule is O=C(O)CN1CCN(Cc2ccc3c(c2)COC3=C2C(=O)Nc3ccc(F)cc32)CC1. The highest BCUT2D eigenvalue weighted by Gasteiger charge is 2.33. The summed E-state index contributed by atoms with van der Waals surface area (Å²) in [7, 11) is 0. The molecule has 0 aliphatic carbocycles. The van der Waals surface area contributed by atoms with Crippen molar-refractivity contribution in [2.45, 2.75) is 13.2 Å². The molecule has 1 fully saturated rings. The van der Waals surface area contributed by atoms with E-state index in [4.69, 9.17) is 9.84 Å². The number of carbonyl (C=O) groups is 2. The fraction of sp³-hybridized carbons (Fsp3) is 0.304. The van der Waals surface area contributed by atoms with Gasteiger partial charge in [-0.1, -0.05) is 18.2 Å². The number of benzene rings is 2. The molecule has 1 saturated heterocycles. The molecular weight excluding hydrogens is 401 g/mol. The van der Waals surface area contributed by atoms with E-state index in [2.05, 4.69) is 16.3 Å². The number of anilines is 1. The Morgan fingerprint density at radius 1 is 1.06 bits per heavy atom. The predicted octanol–water partition coefficient (Wildman–Crippen LogP) is 2.38. The van der Waals surface area contributed by atoms with Crippen LogP contribution in [0.15, 0.2) is 36.4 Å². The monoisotopic (exact) mass is 423 g/mol. The molecule has 0 bridgehead atoms. The van der Waals surface area contributed by atoms with Gasteiger partial charge < -0.3 is 15.2 Å². The molecule has 5 rings (SSSR count). The summed E-state index contributed by atoms with van der Waals surface area (Å²) in [6, 6.07) is 10.3. The quantitative estimate of drug-likeness (QED) is 0.735. The van der Waals surface area contributed by atoms with Gasteiger partial charge in [0.1, 0.15) is 18.2 Å². The van der Waals surface area contributed by atoms with E-state index in [9.17, 15) is 14.0 Å². The fourth-order valence-electron chi connectivity index (χ4n) is 4.44. The van der Waals surface area contributed by atoms with Crippen molar-refractivity contribution in [3.63, 3.8) is 0 Å². The lowest BCUT2D eigenvalue weighted by atomic mass is 9.99. The number of piperazine rings is 1. The van der Waals surface area contributed by atoms with Crippen LogP contribution in [0.1, 0.15) is 22.3 Å². The van der Waals surface area contributed by atoms with Crippen molar-refractivity contribution in [2.75, 3.05) is 38.0 Å². The number of nitrogens with one attached hydrogen (secondary N) is 1. The van der Waals surface area contributed by atoms with Gasteiger partial charge in [0.2, 0.25) is 0 Å². The van der Waals surface area contributed by atoms with Gasteiger partial charge in [-0.05, 0) is 23.8 Å². The summed E-state index contributed by atoms with van der Waals surface area (Å²) in [5.74, 6) is -0.985. The second kappa shape index (κ2) is 7.79. The molecule has 31 heavy (non-hydrogen) atoms. The number of aliphatic carboxylic acids is 1. The van der Waals surface area contributed by atoms with E-state index >= 15 is 0 Å². The van der Waals surface area contributed by atoms with Gasteiger partial charge in [-0.25, -0.2) is 4.39 Å². The van der Waals surface area contributed by atoms with Crippen LogP contribution in [0.25, 0.3) is 11.3 Å². The van der Waals surface area contributed by atoms with Crippen LogP contribution in [-0.4, -0.2) is 59.5 Å². The van der Waals surface area contributed by atoms with Gasteiger partial charge in [0, 0.05) is 55.1 Å². The van der Waals surface area contributed by atoms with Crippen LogP contribution < -0.4 is 5.32 Å².